The van der Waals surface area contributed by atoms with Gasteiger partial charge in [-0.1, -0.05) is 49.4 Å². The average molecular weight is 435 g/mol. The third-order valence-corrected chi connectivity index (χ3v) is 6.72. The maximum Gasteiger partial charge on any atom is 0.259 e. The summed E-state index contributed by atoms with van der Waals surface area (Å²) in [4.78, 5) is 27.3. The minimum absolute atomic E-state index is 0.121. The van der Waals surface area contributed by atoms with Gasteiger partial charge in [0.25, 0.3) is 5.91 Å². The van der Waals surface area contributed by atoms with Crippen molar-refractivity contribution in [3.63, 3.8) is 0 Å². The first-order valence-electron chi connectivity index (χ1n) is 10.5. The normalized spacial score (nSPS) is 15.1. The molecule has 0 saturated carbocycles. The van der Waals surface area contributed by atoms with E-state index in [1.54, 1.807) is 7.11 Å². The lowest BCUT2D eigenvalue weighted by Gasteiger charge is -2.19. The Labute approximate surface area is 186 Å². The number of benzene rings is 2. The van der Waals surface area contributed by atoms with Crippen LogP contribution in [0.25, 0.3) is 0 Å². The van der Waals surface area contributed by atoms with Crippen molar-refractivity contribution < 1.29 is 14.3 Å². The summed E-state index contributed by atoms with van der Waals surface area (Å²) in [5.74, 6) is 0.836. The lowest BCUT2D eigenvalue weighted by Crippen LogP contribution is -2.20. The summed E-state index contributed by atoms with van der Waals surface area (Å²) in [6, 6.07) is 16.9. The Balaban J connectivity index is 1.62. The largest absolute Gasteiger partial charge is 0.495 e. The zero-order chi connectivity index (χ0) is 21.8. The molecule has 2 N–H and O–H groups in total. The van der Waals surface area contributed by atoms with Crippen molar-refractivity contribution in [1.82, 2.24) is 0 Å². The number of hydrogen-bond donors (Lipinski definition) is 2. The van der Waals surface area contributed by atoms with E-state index in [4.69, 9.17) is 4.74 Å². The molecule has 1 aliphatic rings. The zero-order valence-corrected chi connectivity index (χ0v) is 18.6. The monoisotopic (exact) mass is 434 g/mol. The van der Waals surface area contributed by atoms with E-state index in [0.29, 0.717) is 27.9 Å². The molecule has 0 radical (unpaired) electrons. The van der Waals surface area contributed by atoms with Gasteiger partial charge in [-0.25, -0.2) is 0 Å². The van der Waals surface area contributed by atoms with Gasteiger partial charge in [-0.15, -0.1) is 11.3 Å². The van der Waals surface area contributed by atoms with Gasteiger partial charge in [0.2, 0.25) is 5.91 Å². The number of hydrogen-bond acceptors (Lipinski definition) is 4. The molecule has 1 heterocycles. The van der Waals surface area contributed by atoms with Crippen molar-refractivity contribution in [3.8, 4) is 5.75 Å². The number of carbonyl (C=O) groups is 2. The molecule has 2 aromatic carbocycles. The number of fused-ring (bicyclic) bond motifs is 1. The quantitative estimate of drug-likeness (QED) is 0.552. The fraction of sp³-hybridized carbons (Fsp3) is 0.280. The van der Waals surface area contributed by atoms with E-state index in [-0.39, 0.29) is 18.2 Å². The standard InChI is InChI=1S/C25H26N2O3S/c1-16-12-13-18-21(14-16)31-25(27-22(28)15-17-8-4-3-5-9-17)23(18)24(29)26-19-10-6-7-11-20(19)30-2/h3-11,16H,12-15H2,1-2H3,(H,26,29)(H,27,28). The predicted octanol–water partition coefficient (Wildman–Crippen LogP) is 5.32. The van der Waals surface area contributed by atoms with Crippen LogP contribution in [-0.2, 0) is 24.1 Å². The van der Waals surface area contributed by atoms with Crippen LogP contribution in [0.4, 0.5) is 10.7 Å². The average Bonchev–Trinajstić information content (AvgIpc) is 3.11. The second kappa shape index (κ2) is 9.35. The molecular weight excluding hydrogens is 408 g/mol. The van der Waals surface area contributed by atoms with E-state index in [9.17, 15) is 9.59 Å². The minimum atomic E-state index is -0.216. The van der Waals surface area contributed by atoms with Gasteiger partial charge in [-0.05, 0) is 48.4 Å². The van der Waals surface area contributed by atoms with E-state index < -0.39 is 0 Å². The molecule has 0 bridgehead atoms. The number of methoxy groups -OCH3 is 1. The first-order chi connectivity index (χ1) is 15.0. The summed E-state index contributed by atoms with van der Waals surface area (Å²) in [5.41, 5.74) is 3.19. The van der Waals surface area contributed by atoms with Gasteiger partial charge in [-0.2, -0.15) is 0 Å². The third kappa shape index (κ3) is 4.80. The highest BCUT2D eigenvalue weighted by molar-refractivity contribution is 7.17. The molecule has 0 fully saturated rings. The van der Waals surface area contributed by atoms with Gasteiger partial charge in [0.15, 0.2) is 0 Å². The Morgan fingerprint density at radius 3 is 2.58 bits per heavy atom. The van der Waals surface area contributed by atoms with Gasteiger partial charge in [-0.3, -0.25) is 9.59 Å². The van der Waals surface area contributed by atoms with Crippen LogP contribution >= 0.6 is 11.3 Å². The highest BCUT2D eigenvalue weighted by atomic mass is 32.1. The van der Waals surface area contributed by atoms with Crippen LogP contribution < -0.4 is 15.4 Å². The molecule has 31 heavy (non-hydrogen) atoms. The highest BCUT2D eigenvalue weighted by Gasteiger charge is 2.28. The first-order valence-corrected chi connectivity index (χ1v) is 11.3. The molecule has 0 saturated heterocycles. The Morgan fingerprint density at radius 1 is 1.06 bits per heavy atom. The number of carbonyl (C=O) groups excluding carboxylic acids is 2. The van der Waals surface area contributed by atoms with Crippen molar-refractivity contribution in [2.45, 2.75) is 32.6 Å². The number of para-hydroxylation sites is 2. The number of anilines is 2. The van der Waals surface area contributed by atoms with Crippen LogP contribution in [0.5, 0.6) is 5.75 Å². The lowest BCUT2D eigenvalue weighted by atomic mass is 9.88. The molecule has 4 rings (SSSR count). The molecule has 1 aromatic heterocycles. The molecule has 6 heteroatoms. The minimum Gasteiger partial charge on any atom is -0.495 e. The second-order valence-electron chi connectivity index (χ2n) is 7.92. The number of rotatable bonds is 6. The molecule has 160 valence electrons. The summed E-state index contributed by atoms with van der Waals surface area (Å²) in [7, 11) is 1.58. The molecule has 5 nitrogen and oxygen atoms in total. The van der Waals surface area contributed by atoms with E-state index in [2.05, 4.69) is 17.6 Å². The van der Waals surface area contributed by atoms with Gasteiger partial charge in [0.1, 0.15) is 10.8 Å². The molecule has 1 atom stereocenters. The zero-order valence-electron chi connectivity index (χ0n) is 17.7. The molecule has 1 aliphatic carbocycles. The highest BCUT2D eigenvalue weighted by Crippen LogP contribution is 2.40. The lowest BCUT2D eigenvalue weighted by molar-refractivity contribution is -0.115. The van der Waals surface area contributed by atoms with Crippen LogP contribution in [0.3, 0.4) is 0 Å². The summed E-state index contributed by atoms with van der Waals surface area (Å²) in [6.07, 6.45) is 3.09. The Hall–Kier alpha value is -3.12. The summed E-state index contributed by atoms with van der Waals surface area (Å²) >= 11 is 1.53. The van der Waals surface area contributed by atoms with Crippen molar-refractivity contribution in [1.29, 1.82) is 0 Å². The van der Waals surface area contributed by atoms with E-state index in [1.165, 1.54) is 16.2 Å². The van der Waals surface area contributed by atoms with Crippen molar-refractivity contribution >= 4 is 33.8 Å². The number of thiophene rings is 1. The van der Waals surface area contributed by atoms with Crippen LogP contribution in [0.15, 0.2) is 54.6 Å². The number of nitrogens with one attached hydrogen (secondary N) is 2. The molecule has 0 aliphatic heterocycles. The molecular formula is C25H26N2O3S. The summed E-state index contributed by atoms with van der Waals surface area (Å²) in [6.45, 7) is 2.23. The first kappa shape index (κ1) is 21.1. The maximum absolute atomic E-state index is 13.3. The van der Waals surface area contributed by atoms with Gasteiger partial charge >= 0.3 is 0 Å². The van der Waals surface area contributed by atoms with E-state index >= 15 is 0 Å². The smallest absolute Gasteiger partial charge is 0.259 e. The molecule has 0 spiro atoms. The summed E-state index contributed by atoms with van der Waals surface area (Å²) in [5, 5.41) is 6.63. The molecule has 3 aromatic rings. The maximum atomic E-state index is 13.3. The van der Waals surface area contributed by atoms with Crippen LogP contribution in [0.2, 0.25) is 0 Å². The Morgan fingerprint density at radius 2 is 1.81 bits per heavy atom. The Kier molecular flexibility index (Phi) is 6.37. The van der Waals surface area contributed by atoms with Crippen molar-refractivity contribution in [2.24, 2.45) is 5.92 Å². The van der Waals surface area contributed by atoms with Crippen LogP contribution in [-0.4, -0.2) is 18.9 Å². The van der Waals surface area contributed by atoms with Gasteiger partial charge in [0, 0.05) is 4.88 Å². The molecule has 1 unspecified atom stereocenters. The van der Waals surface area contributed by atoms with Gasteiger partial charge < -0.3 is 15.4 Å². The molecule has 2 amide bonds. The third-order valence-electron chi connectivity index (χ3n) is 5.55. The fourth-order valence-electron chi connectivity index (χ4n) is 3.96. The van der Waals surface area contributed by atoms with Crippen LogP contribution in [0, 0.1) is 5.92 Å². The topological polar surface area (TPSA) is 67.4 Å². The Bertz CT molecular complexity index is 1090. The second-order valence-corrected chi connectivity index (χ2v) is 9.03. The predicted molar refractivity (Wildman–Crippen MR) is 125 cm³/mol. The van der Waals surface area contributed by atoms with Gasteiger partial charge in [0.05, 0.1) is 24.8 Å². The van der Waals surface area contributed by atoms with E-state index in [0.717, 1.165) is 30.4 Å². The van der Waals surface area contributed by atoms with Crippen molar-refractivity contribution in [3.05, 3.63) is 76.2 Å². The fourth-order valence-corrected chi connectivity index (χ4v) is 5.39. The summed E-state index contributed by atoms with van der Waals surface area (Å²) < 4.78 is 5.37. The number of amides is 2. The van der Waals surface area contributed by atoms with Crippen molar-refractivity contribution in [2.75, 3.05) is 17.7 Å². The van der Waals surface area contributed by atoms with Crippen LogP contribution in [0.1, 0.15) is 39.7 Å². The number of ether oxygens (including phenoxy) is 1. The SMILES string of the molecule is COc1ccccc1NC(=O)c1c(NC(=O)Cc2ccccc2)sc2c1CCC(C)C2. The van der Waals surface area contributed by atoms with E-state index in [1.807, 2.05) is 54.6 Å².